The van der Waals surface area contributed by atoms with E-state index in [0.717, 1.165) is 37.8 Å². The van der Waals surface area contributed by atoms with E-state index in [0.29, 0.717) is 6.04 Å². The Bertz CT molecular complexity index is 366. The molecule has 2 fully saturated rings. The van der Waals surface area contributed by atoms with Crippen molar-refractivity contribution in [2.45, 2.75) is 70.8 Å². The largest absolute Gasteiger partial charge is 0.357 e. The van der Waals surface area contributed by atoms with Crippen molar-refractivity contribution in [2.24, 2.45) is 10.9 Å². The van der Waals surface area contributed by atoms with Gasteiger partial charge in [0.25, 0.3) is 0 Å². The topological polar surface area (TPSA) is 65.5 Å². The van der Waals surface area contributed by atoms with Crippen LogP contribution in [-0.2, 0) is 4.79 Å². The number of amides is 1. The minimum Gasteiger partial charge on any atom is -0.357 e. The van der Waals surface area contributed by atoms with Crippen LogP contribution in [-0.4, -0.2) is 37.5 Å². The van der Waals surface area contributed by atoms with Crippen molar-refractivity contribution >= 4 is 35.8 Å². The molecule has 0 bridgehead atoms. The predicted molar refractivity (Wildman–Crippen MR) is 106 cm³/mol. The second-order valence-corrected chi connectivity index (χ2v) is 6.61. The molecule has 23 heavy (non-hydrogen) atoms. The summed E-state index contributed by atoms with van der Waals surface area (Å²) < 4.78 is 0. The van der Waals surface area contributed by atoms with Crippen molar-refractivity contribution < 1.29 is 4.79 Å². The van der Waals surface area contributed by atoms with Gasteiger partial charge in [0.2, 0.25) is 5.91 Å². The summed E-state index contributed by atoms with van der Waals surface area (Å²) in [5, 5.41) is 9.48. The van der Waals surface area contributed by atoms with Gasteiger partial charge in [-0.1, -0.05) is 38.5 Å². The van der Waals surface area contributed by atoms with Gasteiger partial charge < -0.3 is 16.0 Å². The van der Waals surface area contributed by atoms with Crippen LogP contribution in [0.1, 0.15) is 64.7 Å². The van der Waals surface area contributed by atoms with Crippen LogP contribution < -0.4 is 16.0 Å². The summed E-state index contributed by atoms with van der Waals surface area (Å²) >= 11 is 0. The average Bonchev–Trinajstić information content (AvgIpc) is 3.16. The summed E-state index contributed by atoms with van der Waals surface area (Å²) in [4.78, 5) is 16.0. The highest BCUT2D eigenvalue weighted by atomic mass is 127. The maximum absolute atomic E-state index is 11.7. The van der Waals surface area contributed by atoms with Crippen LogP contribution in [0.25, 0.3) is 0 Å². The normalized spacial score (nSPS) is 18.4. The Morgan fingerprint density at radius 1 is 1.09 bits per heavy atom. The van der Waals surface area contributed by atoms with Crippen molar-refractivity contribution in [2.75, 3.05) is 19.6 Å². The van der Waals surface area contributed by atoms with Gasteiger partial charge in [0.1, 0.15) is 6.54 Å². The first-order valence-corrected chi connectivity index (χ1v) is 9.09. The molecule has 6 heteroatoms. The van der Waals surface area contributed by atoms with Gasteiger partial charge in [0.15, 0.2) is 5.96 Å². The molecule has 3 N–H and O–H groups in total. The highest BCUT2D eigenvalue weighted by molar-refractivity contribution is 14.0. The average molecular weight is 436 g/mol. The Morgan fingerprint density at radius 2 is 1.83 bits per heavy atom. The Kier molecular flexibility index (Phi) is 10.6. The Morgan fingerprint density at radius 3 is 2.48 bits per heavy atom. The fraction of sp³-hybridized carbons (Fsp3) is 0.882. The minimum absolute atomic E-state index is 0. The third-order valence-corrected chi connectivity index (χ3v) is 4.47. The van der Waals surface area contributed by atoms with Gasteiger partial charge in [-0.05, 0) is 32.1 Å². The molecule has 0 aromatic carbocycles. The van der Waals surface area contributed by atoms with Crippen molar-refractivity contribution in [3.8, 4) is 0 Å². The molecule has 0 radical (unpaired) electrons. The molecular formula is C17H33IN4O. The molecule has 0 aliphatic heterocycles. The number of carbonyl (C=O) groups is 1. The number of aliphatic imine (C=N–C) groups is 1. The molecule has 2 saturated carbocycles. The third kappa shape index (κ3) is 9.37. The highest BCUT2D eigenvalue weighted by Crippen LogP contribution is 2.28. The van der Waals surface area contributed by atoms with Crippen LogP contribution in [0.5, 0.6) is 0 Å². The number of nitrogens with one attached hydrogen (secondary N) is 3. The summed E-state index contributed by atoms with van der Waals surface area (Å²) in [5.74, 6) is 1.77. The number of nitrogens with zero attached hydrogens (tertiary/aromatic N) is 1. The summed E-state index contributed by atoms with van der Waals surface area (Å²) in [6.45, 7) is 4.01. The lowest BCUT2D eigenvalue weighted by Gasteiger charge is -2.12. The van der Waals surface area contributed by atoms with Gasteiger partial charge in [0, 0.05) is 19.1 Å². The van der Waals surface area contributed by atoms with Crippen molar-refractivity contribution in [3.05, 3.63) is 0 Å². The SMILES string of the molecule is CCNC(=NCC(=O)NC1CC1)NCCCCC1CCCC1.I. The van der Waals surface area contributed by atoms with Gasteiger partial charge in [-0.2, -0.15) is 0 Å². The molecule has 0 aromatic heterocycles. The summed E-state index contributed by atoms with van der Waals surface area (Å²) in [5.41, 5.74) is 0. The quantitative estimate of drug-likeness (QED) is 0.225. The van der Waals surface area contributed by atoms with Crippen molar-refractivity contribution in [1.82, 2.24) is 16.0 Å². The lowest BCUT2D eigenvalue weighted by Crippen LogP contribution is -2.39. The molecule has 2 rings (SSSR count). The lowest BCUT2D eigenvalue weighted by molar-refractivity contribution is -0.119. The zero-order valence-electron chi connectivity index (χ0n) is 14.4. The monoisotopic (exact) mass is 436 g/mol. The molecule has 2 aliphatic rings. The van der Waals surface area contributed by atoms with Crippen molar-refractivity contribution in [1.29, 1.82) is 0 Å². The minimum atomic E-state index is 0. The predicted octanol–water partition coefficient (Wildman–Crippen LogP) is 2.80. The zero-order valence-corrected chi connectivity index (χ0v) is 16.7. The fourth-order valence-electron chi connectivity index (χ4n) is 3.06. The number of rotatable bonds is 9. The molecule has 134 valence electrons. The van der Waals surface area contributed by atoms with E-state index in [4.69, 9.17) is 0 Å². The maximum atomic E-state index is 11.7. The van der Waals surface area contributed by atoms with Crippen LogP contribution in [0.3, 0.4) is 0 Å². The van der Waals surface area contributed by atoms with Gasteiger partial charge in [-0.15, -0.1) is 24.0 Å². The van der Waals surface area contributed by atoms with Crippen LogP contribution in [0, 0.1) is 5.92 Å². The zero-order chi connectivity index (χ0) is 15.6. The maximum Gasteiger partial charge on any atom is 0.242 e. The van der Waals surface area contributed by atoms with E-state index in [9.17, 15) is 4.79 Å². The first kappa shape index (κ1) is 20.5. The summed E-state index contributed by atoms with van der Waals surface area (Å²) in [7, 11) is 0. The Balaban J connectivity index is 0.00000264. The van der Waals surface area contributed by atoms with Gasteiger partial charge in [0.05, 0.1) is 0 Å². The van der Waals surface area contributed by atoms with Crippen molar-refractivity contribution in [3.63, 3.8) is 0 Å². The van der Waals surface area contributed by atoms with Crippen LogP contribution in [0.15, 0.2) is 4.99 Å². The van der Waals surface area contributed by atoms with Gasteiger partial charge in [-0.3, -0.25) is 4.79 Å². The molecule has 1 amide bonds. The van der Waals surface area contributed by atoms with E-state index < -0.39 is 0 Å². The van der Waals surface area contributed by atoms with Crippen LogP contribution >= 0.6 is 24.0 Å². The van der Waals surface area contributed by atoms with E-state index >= 15 is 0 Å². The van der Waals surface area contributed by atoms with E-state index in [1.165, 1.54) is 44.9 Å². The number of carbonyl (C=O) groups excluding carboxylic acids is 1. The molecule has 0 saturated heterocycles. The fourth-order valence-corrected chi connectivity index (χ4v) is 3.06. The van der Waals surface area contributed by atoms with E-state index in [1.54, 1.807) is 0 Å². The number of unbranched alkanes of at least 4 members (excludes halogenated alkanes) is 1. The second-order valence-electron chi connectivity index (χ2n) is 6.61. The highest BCUT2D eigenvalue weighted by Gasteiger charge is 2.22. The first-order chi connectivity index (χ1) is 10.8. The molecule has 0 unspecified atom stereocenters. The van der Waals surface area contributed by atoms with E-state index in [-0.39, 0.29) is 36.4 Å². The number of guanidine groups is 1. The number of halogens is 1. The third-order valence-electron chi connectivity index (χ3n) is 4.47. The molecule has 0 aromatic rings. The first-order valence-electron chi connectivity index (χ1n) is 9.09. The molecule has 2 aliphatic carbocycles. The Hall–Kier alpha value is -0.530. The smallest absolute Gasteiger partial charge is 0.242 e. The summed E-state index contributed by atoms with van der Waals surface area (Å²) in [6.07, 6.45) is 11.8. The summed E-state index contributed by atoms with van der Waals surface area (Å²) in [6, 6.07) is 0.411. The number of hydrogen-bond acceptors (Lipinski definition) is 2. The Labute approximate surface area is 157 Å². The molecular weight excluding hydrogens is 403 g/mol. The second kappa shape index (κ2) is 11.9. The number of hydrogen-bond donors (Lipinski definition) is 3. The lowest BCUT2D eigenvalue weighted by atomic mass is 10.0. The van der Waals surface area contributed by atoms with Crippen LogP contribution in [0.4, 0.5) is 0 Å². The van der Waals surface area contributed by atoms with E-state index in [2.05, 4.69) is 20.9 Å². The standard InChI is InChI=1S/C17H32N4O.HI/c1-2-18-17(20-13-16(22)21-15-10-11-15)19-12-6-5-9-14-7-3-4-8-14;/h14-15H,2-13H2,1H3,(H,21,22)(H2,18,19,20);1H. The van der Waals surface area contributed by atoms with Gasteiger partial charge in [-0.25, -0.2) is 4.99 Å². The van der Waals surface area contributed by atoms with Gasteiger partial charge >= 0.3 is 0 Å². The van der Waals surface area contributed by atoms with Crippen LogP contribution in [0.2, 0.25) is 0 Å². The molecule has 0 heterocycles. The molecule has 5 nitrogen and oxygen atoms in total. The van der Waals surface area contributed by atoms with E-state index in [1.807, 2.05) is 6.92 Å². The molecule has 0 atom stereocenters. The molecule has 0 spiro atoms.